The van der Waals surface area contributed by atoms with Crippen LogP contribution in [0.5, 0.6) is 0 Å². The van der Waals surface area contributed by atoms with Crippen LogP contribution in [0.25, 0.3) is 10.6 Å². The lowest BCUT2D eigenvalue weighted by atomic mass is 9.90. The highest BCUT2D eigenvalue weighted by Gasteiger charge is 2.19. The van der Waals surface area contributed by atoms with Crippen LogP contribution in [0.4, 0.5) is 0 Å². The van der Waals surface area contributed by atoms with Gasteiger partial charge in [0.2, 0.25) is 0 Å². The molecular weight excluding hydrogens is 248 g/mol. The molecule has 0 saturated heterocycles. The summed E-state index contributed by atoms with van der Waals surface area (Å²) in [5.41, 5.74) is 8.32. The summed E-state index contributed by atoms with van der Waals surface area (Å²) in [5.74, 6) is 0. The lowest BCUT2D eigenvalue weighted by molar-refractivity contribution is 0.376. The van der Waals surface area contributed by atoms with Crippen LogP contribution in [0.15, 0.2) is 16.8 Å². The largest absolute Gasteiger partial charge is 0.330 e. The molecular formula is C13H18N2S2. The number of hydrogen-bond acceptors (Lipinski definition) is 4. The Hall–Kier alpha value is -0.710. The predicted octanol–water partition coefficient (Wildman–Crippen LogP) is 3.71. The van der Waals surface area contributed by atoms with Gasteiger partial charge in [0.15, 0.2) is 0 Å². The average molecular weight is 266 g/mol. The van der Waals surface area contributed by atoms with E-state index in [0.29, 0.717) is 6.54 Å². The van der Waals surface area contributed by atoms with Crippen molar-refractivity contribution in [2.45, 2.75) is 27.2 Å². The highest BCUT2D eigenvalue weighted by atomic mass is 32.1. The van der Waals surface area contributed by atoms with Crippen LogP contribution in [0.2, 0.25) is 0 Å². The van der Waals surface area contributed by atoms with Crippen LogP contribution in [-0.2, 0) is 6.42 Å². The molecule has 2 aromatic rings. The van der Waals surface area contributed by atoms with Crippen molar-refractivity contribution in [3.63, 3.8) is 0 Å². The topological polar surface area (TPSA) is 38.9 Å². The number of hydrogen-bond donors (Lipinski definition) is 1. The lowest BCUT2D eigenvalue weighted by Crippen LogP contribution is -2.25. The van der Waals surface area contributed by atoms with E-state index in [0.717, 1.165) is 12.1 Å². The van der Waals surface area contributed by atoms with E-state index < -0.39 is 0 Å². The standard InChI is InChI=1S/C13H18N2S2/c1-9-4-5-16-12(9)10-7-17-11(15-10)6-13(2,3)8-14/h4-5,7H,6,8,14H2,1-3H3. The Morgan fingerprint density at radius 1 is 1.35 bits per heavy atom. The van der Waals surface area contributed by atoms with Crippen molar-refractivity contribution in [2.75, 3.05) is 6.54 Å². The maximum absolute atomic E-state index is 5.76. The summed E-state index contributed by atoms with van der Waals surface area (Å²) in [4.78, 5) is 6.01. The Morgan fingerprint density at radius 2 is 2.12 bits per heavy atom. The second-order valence-corrected chi connectivity index (χ2v) is 6.96. The van der Waals surface area contributed by atoms with E-state index in [1.54, 1.807) is 22.7 Å². The number of nitrogens with zero attached hydrogens (tertiary/aromatic N) is 1. The zero-order valence-corrected chi connectivity index (χ0v) is 12.1. The van der Waals surface area contributed by atoms with Gasteiger partial charge in [-0.1, -0.05) is 13.8 Å². The third-order valence-electron chi connectivity index (χ3n) is 2.83. The molecule has 0 aliphatic heterocycles. The van der Waals surface area contributed by atoms with Gasteiger partial charge in [0.05, 0.1) is 15.6 Å². The molecule has 0 spiro atoms. The van der Waals surface area contributed by atoms with E-state index in [4.69, 9.17) is 10.7 Å². The molecule has 2 rings (SSSR count). The number of rotatable bonds is 4. The summed E-state index contributed by atoms with van der Waals surface area (Å²) in [6.45, 7) is 7.20. The molecule has 0 aliphatic carbocycles. The Labute approximate surface area is 111 Å². The van der Waals surface area contributed by atoms with Gasteiger partial charge in [0.1, 0.15) is 0 Å². The summed E-state index contributed by atoms with van der Waals surface area (Å²) in [5, 5.41) is 5.46. The van der Waals surface area contributed by atoms with E-state index >= 15 is 0 Å². The average Bonchev–Trinajstić information content (AvgIpc) is 2.86. The summed E-state index contributed by atoms with van der Waals surface area (Å²) >= 11 is 3.50. The van der Waals surface area contributed by atoms with Crippen molar-refractivity contribution < 1.29 is 0 Å². The van der Waals surface area contributed by atoms with Gasteiger partial charge >= 0.3 is 0 Å². The summed E-state index contributed by atoms with van der Waals surface area (Å²) in [6.07, 6.45) is 0.957. The summed E-state index contributed by atoms with van der Waals surface area (Å²) in [6, 6.07) is 2.14. The Bertz CT molecular complexity index is 497. The maximum atomic E-state index is 5.76. The Morgan fingerprint density at radius 3 is 2.71 bits per heavy atom. The van der Waals surface area contributed by atoms with Gasteiger partial charge in [-0.3, -0.25) is 0 Å². The van der Waals surface area contributed by atoms with Crippen molar-refractivity contribution in [3.8, 4) is 10.6 Å². The minimum atomic E-state index is 0.139. The molecule has 0 bridgehead atoms. The number of thiazole rings is 1. The van der Waals surface area contributed by atoms with Crippen LogP contribution in [0.1, 0.15) is 24.4 Å². The second kappa shape index (κ2) is 4.88. The molecule has 2 nitrogen and oxygen atoms in total. The van der Waals surface area contributed by atoms with Crippen molar-refractivity contribution in [3.05, 3.63) is 27.4 Å². The number of aryl methyl sites for hydroxylation is 1. The van der Waals surface area contributed by atoms with E-state index in [9.17, 15) is 0 Å². The molecule has 17 heavy (non-hydrogen) atoms. The lowest BCUT2D eigenvalue weighted by Gasteiger charge is -2.20. The van der Waals surface area contributed by atoms with Gasteiger partial charge in [0, 0.05) is 11.8 Å². The normalized spacial score (nSPS) is 12.0. The highest BCUT2D eigenvalue weighted by molar-refractivity contribution is 7.14. The number of thiophene rings is 1. The maximum Gasteiger partial charge on any atom is 0.0938 e. The molecule has 2 heterocycles. The predicted molar refractivity (Wildman–Crippen MR) is 76.7 cm³/mol. The molecule has 0 atom stereocenters. The monoisotopic (exact) mass is 266 g/mol. The van der Waals surface area contributed by atoms with Gasteiger partial charge in [0.25, 0.3) is 0 Å². The fraction of sp³-hybridized carbons (Fsp3) is 0.462. The third kappa shape index (κ3) is 2.94. The molecule has 2 N–H and O–H groups in total. The Balaban J connectivity index is 2.20. The van der Waals surface area contributed by atoms with Crippen LogP contribution in [0, 0.1) is 12.3 Å². The number of nitrogens with two attached hydrogens (primary N) is 1. The molecule has 0 aromatic carbocycles. The van der Waals surface area contributed by atoms with E-state index in [2.05, 4.69) is 37.6 Å². The molecule has 0 saturated carbocycles. The first-order chi connectivity index (χ1) is 8.02. The van der Waals surface area contributed by atoms with Crippen LogP contribution < -0.4 is 5.73 Å². The molecule has 0 unspecified atom stereocenters. The summed E-state index contributed by atoms with van der Waals surface area (Å²) in [7, 11) is 0. The molecule has 0 aliphatic rings. The van der Waals surface area contributed by atoms with Crippen molar-refractivity contribution in [1.82, 2.24) is 4.98 Å². The number of aromatic nitrogens is 1. The van der Waals surface area contributed by atoms with Crippen molar-refractivity contribution >= 4 is 22.7 Å². The smallest absolute Gasteiger partial charge is 0.0938 e. The first kappa shape index (κ1) is 12.7. The zero-order valence-electron chi connectivity index (χ0n) is 10.5. The zero-order chi connectivity index (χ0) is 12.5. The van der Waals surface area contributed by atoms with Crippen molar-refractivity contribution in [2.24, 2.45) is 11.1 Å². The molecule has 92 valence electrons. The minimum Gasteiger partial charge on any atom is -0.330 e. The van der Waals surface area contributed by atoms with E-state index in [1.165, 1.54) is 15.4 Å². The molecule has 0 fully saturated rings. The molecule has 2 aromatic heterocycles. The third-order valence-corrected chi connectivity index (χ3v) is 4.72. The first-order valence-electron chi connectivity index (χ1n) is 5.71. The van der Waals surface area contributed by atoms with Gasteiger partial charge in [-0.25, -0.2) is 4.98 Å². The Kier molecular flexibility index (Phi) is 3.66. The minimum absolute atomic E-state index is 0.139. The molecule has 0 radical (unpaired) electrons. The van der Waals surface area contributed by atoms with Gasteiger partial charge in [-0.2, -0.15) is 0 Å². The van der Waals surface area contributed by atoms with Crippen LogP contribution in [-0.4, -0.2) is 11.5 Å². The van der Waals surface area contributed by atoms with Gasteiger partial charge < -0.3 is 5.73 Å². The van der Waals surface area contributed by atoms with Gasteiger partial charge in [-0.05, 0) is 35.9 Å². The van der Waals surface area contributed by atoms with E-state index in [1.807, 2.05) is 0 Å². The van der Waals surface area contributed by atoms with Crippen LogP contribution >= 0.6 is 22.7 Å². The quantitative estimate of drug-likeness (QED) is 0.916. The van der Waals surface area contributed by atoms with Crippen molar-refractivity contribution in [1.29, 1.82) is 0 Å². The SMILES string of the molecule is Cc1ccsc1-c1csc(CC(C)(C)CN)n1. The van der Waals surface area contributed by atoms with E-state index in [-0.39, 0.29) is 5.41 Å². The fourth-order valence-electron chi connectivity index (χ4n) is 1.61. The molecule has 0 amide bonds. The summed E-state index contributed by atoms with van der Waals surface area (Å²) < 4.78 is 0. The molecule has 4 heteroatoms. The van der Waals surface area contributed by atoms with Crippen LogP contribution in [0.3, 0.4) is 0 Å². The fourth-order valence-corrected chi connectivity index (χ4v) is 3.62. The second-order valence-electron chi connectivity index (χ2n) is 5.10. The van der Waals surface area contributed by atoms with Gasteiger partial charge in [-0.15, -0.1) is 22.7 Å². The first-order valence-corrected chi connectivity index (χ1v) is 7.47. The highest BCUT2D eigenvalue weighted by Crippen LogP contribution is 2.31.